The zero-order valence-corrected chi connectivity index (χ0v) is 9.96. The van der Waals surface area contributed by atoms with Gasteiger partial charge in [-0.15, -0.1) is 0 Å². The molecule has 0 bridgehead atoms. The molecule has 1 fully saturated rings. The molecule has 3 N–H and O–H groups in total. The van der Waals surface area contributed by atoms with Crippen molar-refractivity contribution >= 4 is 5.91 Å². The van der Waals surface area contributed by atoms with Gasteiger partial charge in [0.25, 0.3) is 0 Å². The van der Waals surface area contributed by atoms with E-state index in [4.69, 9.17) is 5.73 Å². The highest BCUT2D eigenvalue weighted by atomic mass is 16.1. The summed E-state index contributed by atoms with van der Waals surface area (Å²) in [6.07, 6.45) is 6.12. The Morgan fingerprint density at radius 2 is 2.13 bits per heavy atom. The monoisotopic (exact) mass is 212 g/mol. The van der Waals surface area contributed by atoms with Gasteiger partial charge >= 0.3 is 0 Å². The van der Waals surface area contributed by atoms with Crippen LogP contribution in [0.1, 0.15) is 52.4 Å². The van der Waals surface area contributed by atoms with Crippen LogP contribution in [0, 0.1) is 5.92 Å². The number of nitrogens with two attached hydrogens (primary N) is 1. The fourth-order valence-electron chi connectivity index (χ4n) is 1.92. The summed E-state index contributed by atoms with van der Waals surface area (Å²) in [6.45, 7) is 4.26. The van der Waals surface area contributed by atoms with E-state index in [1.54, 1.807) is 0 Å². The maximum Gasteiger partial charge on any atom is 0.221 e. The van der Waals surface area contributed by atoms with Gasteiger partial charge in [0.15, 0.2) is 0 Å². The Bertz CT molecular complexity index is 202. The molecule has 2 unspecified atom stereocenters. The van der Waals surface area contributed by atoms with E-state index in [-0.39, 0.29) is 11.9 Å². The summed E-state index contributed by atoms with van der Waals surface area (Å²) >= 11 is 0. The van der Waals surface area contributed by atoms with Crippen LogP contribution in [0.5, 0.6) is 0 Å². The molecule has 0 saturated heterocycles. The van der Waals surface area contributed by atoms with E-state index in [9.17, 15) is 4.79 Å². The zero-order valence-electron chi connectivity index (χ0n) is 9.96. The minimum atomic E-state index is 0.0872. The van der Waals surface area contributed by atoms with Crippen LogP contribution in [0.4, 0.5) is 0 Å². The van der Waals surface area contributed by atoms with Crippen molar-refractivity contribution in [3.8, 4) is 0 Å². The quantitative estimate of drug-likeness (QED) is 0.676. The van der Waals surface area contributed by atoms with Crippen LogP contribution in [-0.4, -0.2) is 18.0 Å². The summed E-state index contributed by atoms with van der Waals surface area (Å²) in [5.74, 6) is 0.747. The van der Waals surface area contributed by atoms with E-state index in [1.807, 2.05) is 0 Å². The predicted octanol–water partition coefficient (Wildman–Crippen LogP) is 1.81. The van der Waals surface area contributed by atoms with Crippen LogP contribution in [-0.2, 0) is 4.79 Å². The van der Waals surface area contributed by atoms with Crippen LogP contribution in [0.15, 0.2) is 0 Å². The van der Waals surface area contributed by atoms with Gasteiger partial charge in [-0.3, -0.25) is 4.79 Å². The summed E-state index contributed by atoms with van der Waals surface area (Å²) in [5, 5.41) is 3.06. The third-order valence-electron chi connectivity index (χ3n) is 3.14. The molecule has 0 aromatic heterocycles. The summed E-state index contributed by atoms with van der Waals surface area (Å²) in [7, 11) is 0. The molecular weight excluding hydrogens is 188 g/mol. The van der Waals surface area contributed by atoms with Gasteiger partial charge < -0.3 is 11.1 Å². The van der Waals surface area contributed by atoms with Gasteiger partial charge in [0.05, 0.1) is 0 Å². The van der Waals surface area contributed by atoms with Crippen molar-refractivity contribution in [3.05, 3.63) is 0 Å². The van der Waals surface area contributed by atoms with Gasteiger partial charge in [-0.25, -0.2) is 0 Å². The lowest BCUT2D eigenvalue weighted by Crippen LogP contribution is -2.38. The van der Waals surface area contributed by atoms with E-state index in [0.717, 1.165) is 19.3 Å². The lowest BCUT2D eigenvalue weighted by molar-refractivity contribution is -0.122. The van der Waals surface area contributed by atoms with Gasteiger partial charge in [-0.05, 0) is 31.6 Å². The molecule has 15 heavy (non-hydrogen) atoms. The molecule has 0 aromatic carbocycles. The molecule has 0 radical (unpaired) electrons. The van der Waals surface area contributed by atoms with Gasteiger partial charge in [-0.2, -0.15) is 0 Å². The number of nitrogens with one attached hydrogen (secondary N) is 1. The maximum absolute atomic E-state index is 11.6. The first-order valence-corrected chi connectivity index (χ1v) is 6.22. The van der Waals surface area contributed by atoms with Crippen molar-refractivity contribution in [2.45, 2.75) is 64.5 Å². The lowest BCUT2D eigenvalue weighted by Gasteiger charge is -2.17. The number of hydrogen-bond donors (Lipinski definition) is 2. The lowest BCUT2D eigenvalue weighted by atomic mass is 10.1. The fraction of sp³-hybridized carbons (Fsp3) is 0.917. The molecule has 0 aromatic rings. The minimum Gasteiger partial charge on any atom is -0.353 e. The van der Waals surface area contributed by atoms with E-state index >= 15 is 0 Å². The Morgan fingerprint density at radius 1 is 1.47 bits per heavy atom. The molecule has 0 aliphatic heterocycles. The zero-order chi connectivity index (χ0) is 11.3. The Balaban J connectivity index is 2.20. The molecule has 0 spiro atoms. The normalized spacial score (nSPS) is 19.7. The highest BCUT2D eigenvalue weighted by Gasteiger charge is 2.29. The van der Waals surface area contributed by atoms with Crippen molar-refractivity contribution in [3.63, 3.8) is 0 Å². The molecule has 3 nitrogen and oxygen atoms in total. The van der Waals surface area contributed by atoms with Crippen molar-refractivity contribution in [2.75, 3.05) is 0 Å². The van der Waals surface area contributed by atoms with Crippen LogP contribution in [0.3, 0.4) is 0 Å². The Labute approximate surface area is 92.8 Å². The summed E-state index contributed by atoms with van der Waals surface area (Å²) in [4.78, 5) is 11.6. The first-order chi connectivity index (χ1) is 7.17. The van der Waals surface area contributed by atoms with Gasteiger partial charge in [0.1, 0.15) is 0 Å². The molecule has 1 aliphatic rings. The Hall–Kier alpha value is -0.570. The SMILES string of the molecule is CCCC(CC)NC(=O)CC(N)C1CC1. The van der Waals surface area contributed by atoms with E-state index in [0.29, 0.717) is 18.4 Å². The summed E-state index contributed by atoms with van der Waals surface area (Å²) in [5.41, 5.74) is 5.91. The average Bonchev–Trinajstić information content (AvgIpc) is 2.99. The van der Waals surface area contributed by atoms with Crippen LogP contribution >= 0.6 is 0 Å². The Kier molecular flexibility index (Phi) is 5.09. The molecule has 2 atom stereocenters. The van der Waals surface area contributed by atoms with Gasteiger partial charge in [-0.1, -0.05) is 20.3 Å². The molecule has 1 aliphatic carbocycles. The first-order valence-electron chi connectivity index (χ1n) is 6.22. The second-order valence-electron chi connectivity index (χ2n) is 4.67. The van der Waals surface area contributed by atoms with E-state index in [2.05, 4.69) is 19.2 Å². The summed E-state index contributed by atoms with van der Waals surface area (Å²) in [6, 6.07) is 0.429. The van der Waals surface area contributed by atoms with Crippen LogP contribution in [0.25, 0.3) is 0 Å². The van der Waals surface area contributed by atoms with Crippen LogP contribution < -0.4 is 11.1 Å². The minimum absolute atomic E-state index is 0.0872. The predicted molar refractivity (Wildman–Crippen MR) is 62.4 cm³/mol. The number of rotatable bonds is 7. The summed E-state index contributed by atoms with van der Waals surface area (Å²) < 4.78 is 0. The number of hydrogen-bond acceptors (Lipinski definition) is 2. The average molecular weight is 212 g/mol. The van der Waals surface area contributed by atoms with Crippen LogP contribution in [0.2, 0.25) is 0 Å². The van der Waals surface area contributed by atoms with Crippen molar-refractivity contribution in [1.29, 1.82) is 0 Å². The molecule has 3 heteroatoms. The molecule has 88 valence electrons. The maximum atomic E-state index is 11.6. The van der Waals surface area contributed by atoms with Gasteiger partial charge in [0, 0.05) is 18.5 Å². The van der Waals surface area contributed by atoms with E-state index < -0.39 is 0 Å². The fourth-order valence-corrected chi connectivity index (χ4v) is 1.92. The standard InChI is InChI=1S/C12H24N2O/c1-3-5-10(4-2)14-12(15)8-11(13)9-6-7-9/h9-11H,3-8,13H2,1-2H3,(H,14,15). The van der Waals surface area contributed by atoms with Crippen molar-refractivity contribution in [1.82, 2.24) is 5.32 Å². The van der Waals surface area contributed by atoms with E-state index in [1.165, 1.54) is 12.8 Å². The molecule has 0 heterocycles. The van der Waals surface area contributed by atoms with Crippen molar-refractivity contribution < 1.29 is 4.79 Å². The molecule has 1 amide bonds. The Morgan fingerprint density at radius 3 is 2.60 bits per heavy atom. The van der Waals surface area contributed by atoms with Gasteiger partial charge in [0.2, 0.25) is 5.91 Å². The molecular formula is C12H24N2O. The second kappa shape index (κ2) is 6.11. The third-order valence-corrected chi connectivity index (χ3v) is 3.14. The highest BCUT2D eigenvalue weighted by Crippen LogP contribution is 2.32. The highest BCUT2D eigenvalue weighted by molar-refractivity contribution is 5.76. The first kappa shape index (κ1) is 12.5. The smallest absolute Gasteiger partial charge is 0.221 e. The number of amides is 1. The number of carbonyl (C=O) groups is 1. The second-order valence-corrected chi connectivity index (χ2v) is 4.67. The third kappa shape index (κ3) is 4.65. The number of carbonyl (C=O) groups excluding carboxylic acids is 1. The largest absolute Gasteiger partial charge is 0.353 e. The van der Waals surface area contributed by atoms with Crippen molar-refractivity contribution in [2.24, 2.45) is 11.7 Å². The molecule has 1 rings (SSSR count). The topological polar surface area (TPSA) is 55.1 Å². The molecule has 1 saturated carbocycles.